The summed E-state index contributed by atoms with van der Waals surface area (Å²) in [6.07, 6.45) is 9.04. The van der Waals surface area contributed by atoms with Crippen LogP contribution in [-0.2, 0) is 0 Å². The molecule has 112 valence electrons. The number of nitrogens with one attached hydrogen (secondary N) is 1. The first kappa shape index (κ1) is 15.5. The molecule has 1 aromatic carbocycles. The van der Waals surface area contributed by atoms with Gasteiger partial charge >= 0.3 is 0 Å². The Labute approximate surface area is 123 Å². The maximum Gasteiger partial charge on any atom is 0.123 e. The third kappa shape index (κ3) is 4.31. The number of rotatable bonds is 5. The zero-order valence-corrected chi connectivity index (χ0v) is 12.9. The summed E-state index contributed by atoms with van der Waals surface area (Å²) in [5, 5.41) is 3.67. The third-order valence-electron chi connectivity index (χ3n) is 4.41. The van der Waals surface area contributed by atoms with E-state index in [0.717, 1.165) is 24.1 Å². The van der Waals surface area contributed by atoms with E-state index in [1.807, 2.05) is 6.92 Å². The Morgan fingerprint density at radius 2 is 1.85 bits per heavy atom. The lowest BCUT2D eigenvalue weighted by Gasteiger charge is -2.28. The Kier molecular flexibility index (Phi) is 6.03. The Morgan fingerprint density at radius 3 is 2.45 bits per heavy atom. The standard InChI is InChI=1S/C18H28FN/c1-3-10-20-18(15-8-6-4-5-7-9-15)16-11-14(2)12-17(19)13-16/h11-13,15,18,20H,3-10H2,1-2H3. The van der Waals surface area contributed by atoms with Crippen molar-refractivity contribution in [1.29, 1.82) is 0 Å². The molecule has 1 unspecified atom stereocenters. The van der Waals surface area contributed by atoms with E-state index in [0.29, 0.717) is 12.0 Å². The lowest BCUT2D eigenvalue weighted by atomic mass is 9.86. The summed E-state index contributed by atoms with van der Waals surface area (Å²) in [7, 11) is 0. The van der Waals surface area contributed by atoms with Gasteiger partial charge in [0.05, 0.1) is 0 Å². The fourth-order valence-electron chi connectivity index (χ4n) is 3.44. The predicted molar refractivity (Wildman–Crippen MR) is 83.4 cm³/mol. The normalized spacial score (nSPS) is 18.8. The van der Waals surface area contributed by atoms with Gasteiger partial charge in [0.25, 0.3) is 0 Å². The van der Waals surface area contributed by atoms with Gasteiger partial charge in [-0.2, -0.15) is 0 Å². The van der Waals surface area contributed by atoms with E-state index in [2.05, 4.69) is 18.3 Å². The van der Waals surface area contributed by atoms with Gasteiger partial charge in [-0.1, -0.05) is 38.7 Å². The second-order valence-corrected chi connectivity index (χ2v) is 6.25. The molecule has 1 N–H and O–H groups in total. The molecule has 1 aliphatic carbocycles. The van der Waals surface area contributed by atoms with Gasteiger partial charge in [0.2, 0.25) is 0 Å². The highest BCUT2D eigenvalue weighted by Crippen LogP contribution is 2.34. The van der Waals surface area contributed by atoms with Crippen molar-refractivity contribution in [3.8, 4) is 0 Å². The molecule has 0 heterocycles. The minimum atomic E-state index is -0.100. The van der Waals surface area contributed by atoms with E-state index >= 15 is 0 Å². The predicted octanol–water partition coefficient (Wildman–Crippen LogP) is 5.15. The van der Waals surface area contributed by atoms with Crippen molar-refractivity contribution in [2.24, 2.45) is 5.92 Å². The summed E-state index contributed by atoms with van der Waals surface area (Å²) in [5.74, 6) is 0.558. The van der Waals surface area contributed by atoms with Crippen molar-refractivity contribution in [2.75, 3.05) is 6.54 Å². The molecule has 0 aromatic heterocycles. The van der Waals surface area contributed by atoms with Crippen LogP contribution in [0.25, 0.3) is 0 Å². The van der Waals surface area contributed by atoms with Gasteiger partial charge in [0.1, 0.15) is 5.82 Å². The summed E-state index contributed by atoms with van der Waals surface area (Å²) in [5.41, 5.74) is 2.17. The molecular weight excluding hydrogens is 249 g/mol. The minimum absolute atomic E-state index is 0.100. The Morgan fingerprint density at radius 1 is 1.15 bits per heavy atom. The maximum atomic E-state index is 13.7. The molecule has 0 saturated heterocycles. The molecule has 1 fully saturated rings. The quantitative estimate of drug-likeness (QED) is 0.734. The van der Waals surface area contributed by atoms with Gasteiger partial charge in [-0.05, 0) is 61.9 Å². The first-order valence-corrected chi connectivity index (χ1v) is 8.21. The molecule has 1 aliphatic rings. The average molecular weight is 277 g/mol. The van der Waals surface area contributed by atoms with Crippen molar-refractivity contribution >= 4 is 0 Å². The number of aryl methyl sites for hydroxylation is 1. The Hall–Kier alpha value is -0.890. The van der Waals surface area contributed by atoms with E-state index in [1.165, 1.54) is 38.5 Å². The number of halogens is 1. The van der Waals surface area contributed by atoms with Crippen molar-refractivity contribution < 1.29 is 4.39 Å². The van der Waals surface area contributed by atoms with Crippen LogP contribution in [0.2, 0.25) is 0 Å². The number of hydrogen-bond donors (Lipinski definition) is 1. The molecule has 0 amide bonds. The summed E-state index contributed by atoms with van der Waals surface area (Å²) in [4.78, 5) is 0. The molecule has 0 radical (unpaired) electrons. The average Bonchev–Trinajstić information content (AvgIpc) is 2.67. The second-order valence-electron chi connectivity index (χ2n) is 6.25. The van der Waals surface area contributed by atoms with Crippen LogP contribution in [0.5, 0.6) is 0 Å². The van der Waals surface area contributed by atoms with Crippen LogP contribution in [0.1, 0.15) is 69.0 Å². The molecular formula is C18H28FN. The van der Waals surface area contributed by atoms with Gasteiger partial charge in [0.15, 0.2) is 0 Å². The van der Waals surface area contributed by atoms with Crippen molar-refractivity contribution in [2.45, 2.75) is 64.8 Å². The molecule has 0 bridgehead atoms. The van der Waals surface area contributed by atoms with Gasteiger partial charge < -0.3 is 5.32 Å². The molecule has 0 aliphatic heterocycles. The van der Waals surface area contributed by atoms with Crippen LogP contribution in [0.3, 0.4) is 0 Å². The number of benzene rings is 1. The van der Waals surface area contributed by atoms with E-state index in [1.54, 1.807) is 12.1 Å². The summed E-state index contributed by atoms with van der Waals surface area (Å²) < 4.78 is 13.7. The molecule has 20 heavy (non-hydrogen) atoms. The lowest BCUT2D eigenvalue weighted by molar-refractivity contribution is 0.325. The summed E-state index contributed by atoms with van der Waals surface area (Å²) in [6.45, 7) is 5.18. The van der Waals surface area contributed by atoms with E-state index in [4.69, 9.17) is 0 Å². The van der Waals surface area contributed by atoms with Crippen LogP contribution in [-0.4, -0.2) is 6.54 Å². The fraction of sp³-hybridized carbons (Fsp3) is 0.667. The number of hydrogen-bond acceptors (Lipinski definition) is 1. The van der Waals surface area contributed by atoms with E-state index < -0.39 is 0 Å². The molecule has 1 atom stereocenters. The smallest absolute Gasteiger partial charge is 0.123 e. The third-order valence-corrected chi connectivity index (χ3v) is 4.41. The van der Waals surface area contributed by atoms with Gasteiger partial charge in [-0.3, -0.25) is 0 Å². The van der Waals surface area contributed by atoms with Crippen LogP contribution in [0.4, 0.5) is 4.39 Å². The second kappa shape index (κ2) is 7.78. The van der Waals surface area contributed by atoms with Gasteiger partial charge in [0, 0.05) is 6.04 Å². The maximum absolute atomic E-state index is 13.7. The highest BCUT2D eigenvalue weighted by Gasteiger charge is 2.24. The van der Waals surface area contributed by atoms with Crippen LogP contribution < -0.4 is 5.32 Å². The first-order chi connectivity index (χ1) is 9.70. The molecule has 1 saturated carbocycles. The van der Waals surface area contributed by atoms with Crippen molar-refractivity contribution in [3.05, 3.63) is 35.1 Å². The minimum Gasteiger partial charge on any atom is -0.310 e. The molecule has 2 heteroatoms. The monoisotopic (exact) mass is 277 g/mol. The zero-order chi connectivity index (χ0) is 14.4. The van der Waals surface area contributed by atoms with E-state index in [-0.39, 0.29) is 5.82 Å². The zero-order valence-electron chi connectivity index (χ0n) is 12.9. The van der Waals surface area contributed by atoms with Gasteiger partial charge in [-0.25, -0.2) is 4.39 Å². The van der Waals surface area contributed by atoms with E-state index in [9.17, 15) is 4.39 Å². The summed E-state index contributed by atoms with van der Waals surface area (Å²) >= 11 is 0. The van der Waals surface area contributed by atoms with Crippen LogP contribution in [0.15, 0.2) is 18.2 Å². The highest BCUT2D eigenvalue weighted by atomic mass is 19.1. The van der Waals surface area contributed by atoms with Crippen molar-refractivity contribution in [3.63, 3.8) is 0 Å². The van der Waals surface area contributed by atoms with Crippen LogP contribution in [0, 0.1) is 18.7 Å². The highest BCUT2D eigenvalue weighted by molar-refractivity contribution is 5.27. The lowest BCUT2D eigenvalue weighted by Crippen LogP contribution is -2.29. The molecule has 0 spiro atoms. The molecule has 1 aromatic rings. The topological polar surface area (TPSA) is 12.0 Å². The Balaban J connectivity index is 2.20. The first-order valence-electron chi connectivity index (χ1n) is 8.21. The molecule has 1 nitrogen and oxygen atoms in total. The Bertz CT molecular complexity index is 388. The molecule has 2 rings (SSSR count). The van der Waals surface area contributed by atoms with Gasteiger partial charge in [-0.15, -0.1) is 0 Å². The SMILES string of the molecule is CCCNC(c1cc(C)cc(F)c1)C1CCCCCC1. The van der Waals surface area contributed by atoms with Crippen molar-refractivity contribution in [1.82, 2.24) is 5.32 Å². The fourth-order valence-corrected chi connectivity index (χ4v) is 3.44. The van der Waals surface area contributed by atoms with Crippen LogP contribution >= 0.6 is 0 Å². The largest absolute Gasteiger partial charge is 0.310 e. The summed E-state index contributed by atoms with van der Waals surface area (Å²) in [6, 6.07) is 5.82.